The molecule has 0 radical (unpaired) electrons. The van der Waals surface area contributed by atoms with Gasteiger partial charge in [-0.2, -0.15) is 0 Å². The average molecular weight is 817 g/mol. The fourth-order valence-electron chi connectivity index (χ4n) is 9.62. The first-order valence-electron chi connectivity index (χ1n) is 18.3. The Labute approximate surface area is 325 Å². The topological polar surface area (TPSA) is 0 Å². The van der Waals surface area contributed by atoms with Crippen LogP contribution in [0, 0.1) is 19.8 Å². The number of rotatable bonds is 6. The van der Waals surface area contributed by atoms with Gasteiger partial charge >= 0.3 is 303 Å². The summed E-state index contributed by atoms with van der Waals surface area (Å²) in [7, 11) is 0. The molecule has 52 heavy (non-hydrogen) atoms. The molecule has 0 heterocycles. The number of hydrogen-bond acceptors (Lipinski definition) is 0. The summed E-state index contributed by atoms with van der Waals surface area (Å²) < 4.78 is 6.46. The van der Waals surface area contributed by atoms with Crippen LogP contribution in [0.4, 0.5) is 0 Å². The van der Waals surface area contributed by atoms with E-state index in [2.05, 4.69) is 184 Å². The average Bonchev–Trinajstić information content (AvgIpc) is 3.68. The van der Waals surface area contributed by atoms with E-state index in [0.29, 0.717) is 13.2 Å². The van der Waals surface area contributed by atoms with Crippen LogP contribution in [-0.2, 0) is 17.4 Å². The minimum Gasteiger partial charge on any atom is -0.147 e. The first kappa shape index (κ1) is 38.5. The van der Waals surface area contributed by atoms with Gasteiger partial charge in [-0.15, -0.1) is 24.8 Å². The normalized spacial score (nSPS) is 16.5. The molecule has 2 unspecified atom stereocenters. The van der Waals surface area contributed by atoms with E-state index in [1.807, 2.05) is 0 Å². The van der Waals surface area contributed by atoms with Crippen LogP contribution in [0.25, 0.3) is 56.3 Å². The van der Waals surface area contributed by atoms with E-state index in [9.17, 15) is 0 Å². The van der Waals surface area contributed by atoms with Crippen molar-refractivity contribution in [3.63, 3.8) is 0 Å². The second-order valence-corrected chi connectivity index (χ2v) is 47.1. The fourth-order valence-corrected chi connectivity index (χ4v) is 30.2. The summed E-state index contributed by atoms with van der Waals surface area (Å²) in [5.74, 6) is 0.470. The van der Waals surface area contributed by atoms with E-state index in [1.165, 1.54) is 66.4 Å². The molecule has 2 atom stereocenters. The van der Waals surface area contributed by atoms with Gasteiger partial charge in [0.2, 0.25) is 0 Å². The number of fused-ring (bicyclic) bond motifs is 3. The van der Waals surface area contributed by atoms with Crippen LogP contribution >= 0.6 is 24.8 Å². The van der Waals surface area contributed by atoms with Crippen molar-refractivity contribution >= 4 is 54.6 Å². The minimum atomic E-state index is -3.83. The molecule has 0 fully saturated rings. The van der Waals surface area contributed by atoms with Crippen molar-refractivity contribution in [2.45, 2.75) is 51.1 Å². The van der Waals surface area contributed by atoms with E-state index in [4.69, 9.17) is 0 Å². The molecule has 0 saturated carbocycles. The summed E-state index contributed by atoms with van der Waals surface area (Å²) in [5.41, 5.74) is 19.7. The zero-order valence-corrected chi connectivity index (χ0v) is 37.0. The molecule has 4 heteroatoms. The van der Waals surface area contributed by atoms with Gasteiger partial charge in [-0.25, -0.2) is 0 Å². The molecule has 6 aromatic rings. The van der Waals surface area contributed by atoms with E-state index >= 15 is 0 Å². The SMILES string of the molecule is CC1=Cc2c(-c3ccc(C)cc3)cc(-c3ccc(C)cc3)cc2[CH]1[Zr]([CH3])([CH3])(=[SiH2])[CH]1C(C(C)C)=Cc2c(-c3cccc4ccccc34)cccc21.Cl.Cl. The van der Waals surface area contributed by atoms with Crippen LogP contribution in [0.2, 0.25) is 9.26 Å². The number of benzene rings is 6. The van der Waals surface area contributed by atoms with Gasteiger partial charge in [0.25, 0.3) is 0 Å². The molecule has 2 aliphatic rings. The Kier molecular flexibility index (Phi) is 10.5. The fraction of sp³-hybridized carbons (Fsp3) is 0.208. The molecular formula is C48H50Cl2SiZr. The second-order valence-electron chi connectivity index (χ2n) is 16.6. The third-order valence-corrected chi connectivity index (χ3v) is 29.5. The van der Waals surface area contributed by atoms with Gasteiger partial charge < -0.3 is 0 Å². The van der Waals surface area contributed by atoms with E-state index < -0.39 is 17.4 Å². The minimum absolute atomic E-state index is 0. The molecule has 0 amide bonds. The second kappa shape index (κ2) is 14.2. The van der Waals surface area contributed by atoms with E-state index in [-0.39, 0.29) is 24.8 Å². The van der Waals surface area contributed by atoms with Crippen LogP contribution < -0.4 is 0 Å². The molecule has 0 bridgehead atoms. The van der Waals surface area contributed by atoms with Crippen molar-refractivity contribution in [1.29, 1.82) is 0 Å². The molecule has 8 rings (SSSR count). The first-order valence-corrected chi connectivity index (χ1v) is 32.0. The predicted molar refractivity (Wildman–Crippen MR) is 233 cm³/mol. The smallest absolute Gasteiger partial charge is 0.147 e. The first-order chi connectivity index (χ1) is 23.9. The predicted octanol–water partition coefficient (Wildman–Crippen LogP) is 13.9. The molecular weight excluding hydrogens is 767 g/mol. The van der Waals surface area contributed by atoms with Gasteiger partial charge in [0.1, 0.15) is 0 Å². The van der Waals surface area contributed by atoms with Crippen molar-refractivity contribution in [3.8, 4) is 33.4 Å². The largest absolute Gasteiger partial charge is 0.147 e. The Morgan fingerprint density at radius 2 is 1.12 bits per heavy atom. The van der Waals surface area contributed by atoms with E-state index in [1.54, 1.807) is 22.3 Å². The summed E-state index contributed by atoms with van der Waals surface area (Å²) >= 11 is -3.83. The van der Waals surface area contributed by atoms with Crippen LogP contribution in [-0.4, -0.2) is 6.88 Å². The summed E-state index contributed by atoms with van der Waals surface area (Å²) in [6.07, 6.45) is 5.18. The van der Waals surface area contributed by atoms with Crippen LogP contribution in [0.15, 0.2) is 132 Å². The molecule has 0 nitrogen and oxygen atoms in total. The third kappa shape index (κ3) is 6.39. The van der Waals surface area contributed by atoms with Gasteiger partial charge in [-0.3, -0.25) is 0 Å². The van der Waals surface area contributed by atoms with Gasteiger partial charge in [0.05, 0.1) is 0 Å². The van der Waals surface area contributed by atoms with Crippen LogP contribution in [0.1, 0.15) is 61.4 Å². The Hall–Kier alpha value is -3.26. The number of halogens is 2. The molecule has 0 aromatic heterocycles. The Balaban J connectivity index is 0.00000232. The molecule has 0 saturated heterocycles. The summed E-state index contributed by atoms with van der Waals surface area (Å²) in [4.78, 5) is 0. The molecule has 2 aliphatic carbocycles. The van der Waals surface area contributed by atoms with Crippen molar-refractivity contribution in [2.24, 2.45) is 5.92 Å². The van der Waals surface area contributed by atoms with Crippen molar-refractivity contribution in [2.75, 3.05) is 0 Å². The van der Waals surface area contributed by atoms with Crippen LogP contribution in [0.3, 0.4) is 0 Å². The van der Waals surface area contributed by atoms with Crippen molar-refractivity contribution in [1.82, 2.24) is 0 Å². The maximum absolute atomic E-state index is 3.83. The number of allylic oxidation sites excluding steroid dienone is 2. The molecule has 0 N–H and O–H groups in total. The van der Waals surface area contributed by atoms with E-state index in [0.717, 1.165) is 0 Å². The number of hydrogen-bond donors (Lipinski definition) is 0. The zero-order valence-electron chi connectivity index (χ0n) is 31.5. The quantitative estimate of drug-likeness (QED) is 0.147. The molecule has 0 aliphatic heterocycles. The summed E-state index contributed by atoms with van der Waals surface area (Å²) in [6, 6.07) is 46.1. The van der Waals surface area contributed by atoms with Gasteiger partial charge in [-0.05, 0) is 0 Å². The molecule has 0 spiro atoms. The maximum Gasteiger partial charge on any atom is -0.147 e. The van der Waals surface area contributed by atoms with Gasteiger partial charge in [0.15, 0.2) is 0 Å². The summed E-state index contributed by atoms with van der Waals surface area (Å²) in [5, 5.41) is 2.63. The Morgan fingerprint density at radius 3 is 1.79 bits per heavy atom. The maximum atomic E-state index is 2.78. The number of aryl methyl sites for hydroxylation is 2. The van der Waals surface area contributed by atoms with Crippen LogP contribution in [0.5, 0.6) is 0 Å². The monoisotopic (exact) mass is 814 g/mol. The standard InChI is InChI=1S/C24H21.C22H19.2CH3.2ClH.H2Si.Zr/c1-16-4-8-19(9-5-16)21-14-22-12-18(3)13-23(22)24(15-21)20-10-6-17(2)7-11-20;1-15(2)18-13-17-9-6-12-21(22(17)14-18)20-11-5-8-16-7-3-4-10-19(16)20;;;;;;/h4-15H,1-3H3;3-15H,1-2H3;2*1H3;2*1H;1H2;. The Morgan fingerprint density at radius 1 is 0.538 bits per heavy atom. The molecule has 6 aromatic carbocycles. The van der Waals surface area contributed by atoms with Crippen molar-refractivity contribution in [3.05, 3.63) is 166 Å². The van der Waals surface area contributed by atoms with Gasteiger partial charge in [0, 0.05) is 0 Å². The van der Waals surface area contributed by atoms with Gasteiger partial charge in [-0.1, -0.05) is 0 Å². The third-order valence-electron chi connectivity index (χ3n) is 11.8. The van der Waals surface area contributed by atoms with Crippen molar-refractivity contribution < 1.29 is 17.4 Å². The Bertz CT molecular complexity index is 2460. The summed E-state index contributed by atoms with van der Waals surface area (Å²) in [6.45, 7) is 14.1. The zero-order chi connectivity index (χ0) is 35.0. The molecule has 264 valence electrons.